The van der Waals surface area contributed by atoms with E-state index in [9.17, 15) is 4.79 Å². The third-order valence-electron chi connectivity index (χ3n) is 4.82. The number of nitrogens with zero attached hydrogens (tertiary/aromatic N) is 5. The smallest absolute Gasteiger partial charge is 0.255 e. The molecule has 3 heterocycles. The van der Waals surface area contributed by atoms with Crippen molar-refractivity contribution in [2.75, 3.05) is 27.2 Å². The van der Waals surface area contributed by atoms with Crippen molar-refractivity contribution in [3.63, 3.8) is 0 Å². The molecule has 1 aromatic carbocycles. The van der Waals surface area contributed by atoms with Gasteiger partial charge in [0.2, 0.25) is 0 Å². The van der Waals surface area contributed by atoms with Crippen LogP contribution in [0.3, 0.4) is 0 Å². The molecule has 1 aliphatic rings. The van der Waals surface area contributed by atoms with Crippen molar-refractivity contribution in [2.45, 2.75) is 13.1 Å². The van der Waals surface area contributed by atoms with Crippen LogP contribution in [0.15, 0.2) is 48.8 Å². The van der Waals surface area contributed by atoms with Crippen LogP contribution in [0.5, 0.6) is 0 Å². The monoisotopic (exact) mass is 349 g/mol. The molecule has 4 rings (SSSR count). The van der Waals surface area contributed by atoms with Gasteiger partial charge < -0.3 is 9.80 Å². The number of para-hydroxylation sites is 1. The lowest BCUT2D eigenvalue weighted by Gasteiger charge is -2.26. The number of aromatic nitrogens is 3. The molecule has 0 bridgehead atoms. The molecule has 0 radical (unpaired) electrons. The molecule has 0 spiro atoms. The Morgan fingerprint density at radius 3 is 2.92 bits per heavy atom. The van der Waals surface area contributed by atoms with Crippen LogP contribution in [0.25, 0.3) is 10.9 Å². The van der Waals surface area contributed by atoms with Crippen molar-refractivity contribution in [3.05, 3.63) is 60.0 Å². The summed E-state index contributed by atoms with van der Waals surface area (Å²) in [6.45, 7) is 3.04. The van der Waals surface area contributed by atoms with Gasteiger partial charge >= 0.3 is 0 Å². The van der Waals surface area contributed by atoms with Crippen molar-refractivity contribution in [1.82, 2.24) is 24.6 Å². The largest absolute Gasteiger partial charge is 0.332 e. The van der Waals surface area contributed by atoms with Crippen LogP contribution >= 0.6 is 0 Å². The third-order valence-corrected chi connectivity index (χ3v) is 4.82. The Kier molecular flexibility index (Phi) is 4.42. The van der Waals surface area contributed by atoms with Crippen molar-refractivity contribution < 1.29 is 4.79 Å². The number of benzene rings is 1. The Bertz CT molecular complexity index is 933. The first-order valence-corrected chi connectivity index (χ1v) is 8.89. The molecule has 0 fully saturated rings. The van der Waals surface area contributed by atoms with E-state index in [2.05, 4.69) is 29.1 Å². The number of rotatable bonds is 3. The summed E-state index contributed by atoms with van der Waals surface area (Å²) >= 11 is 0. The maximum absolute atomic E-state index is 13.2. The summed E-state index contributed by atoms with van der Waals surface area (Å²) in [5.41, 5.74) is 2.62. The lowest BCUT2D eigenvalue weighted by Crippen LogP contribution is -2.37. The van der Waals surface area contributed by atoms with Gasteiger partial charge in [-0.3, -0.25) is 14.5 Å². The quantitative estimate of drug-likeness (QED) is 0.728. The van der Waals surface area contributed by atoms with E-state index >= 15 is 0 Å². The first-order chi connectivity index (χ1) is 12.6. The highest BCUT2D eigenvalue weighted by molar-refractivity contribution is 5.97. The molecule has 0 saturated carbocycles. The van der Waals surface area contributed by atoms with Crippen molar-refractivity contribution in [1.29, 1.82) is 0 Å². The molecule has 1 aliphatic heterocycles. The number of carbonyl (C=O) groups excluding carboxylic acids is 1. The molecule has 2 aromatic heterocycles. The van der Waals surface area contributed by atoms with Crippen LogP contribution in [0, 0.1) is 5.92 Å². The molecule has 134 valence electrons. The summed E-state index contributed by atoms with van der Waals surface area (Å²) in [7, 11) is 4.13. The minimum Gasteiger partial charge on any atom is -0.332 e. The maximum atomic E-state index is 13.2. The van der Waals surface area contributed by atoms with Crippen molar-refractivity contribution in [3.8, 4) is 0 Å². The van der Waals surface area contributed by atoms with Crippen LogP contribution in [0.1, 0.15) is 16.1 Å². The summed E-state index contributed by atoms with van der Waals surface area (Å²) in [4.78, 5) is 21.7. The minimum absolute atomic E-state index is 0.0293. The summed E-state index contributed by atoms with van der Waals surface area (Å²) in [6, 6.07) is 11.8. The predicted octanol–water partition coefficient (Wildman–Crippen LogP) is 2.27. The Hall–Kier alpha value is -2.73. The number of hydrogen-bond acceptors (Lipinski definition) is 4. The third kappa shape index (κ3) is 3.32. The lowest BCUT2D eigenvalue weighted by molar-refractivity contribution is 0.0711. The van der Waals surface area contributed by atoms with E-state index in [1.165, 1.54) is 0 Å². The van der Waals surface area contributed by atoms with Gasteiger partial charge in [-0.1, -0.05) is 18.2 Å². The lowest BCUT2D eigenvalue weighted by atomic mass is 10.1. The molecule has 3 aromatic rings. The van der Waals surface area contributed by atoms with Gasteiger partial charge in [0.15, 0.2) is 0 Å². The van der Waals surface area contributed by atoms with E-state index in [-0.39, 0.29) is 5.91 Å². The van der Waals surface area contributed by atoms with E-state index < -0.39 is 0 Å². The molecular weight excluding hydrogens is 326 g/mol. The van der Waals surface area contributed by atoms with Crippen molar-refractivity contribution in [2.24, 2.45) is 5.92 Å². The molecule has 6 heteroatoms. The number of hydrogen-bond donors (Lipinski definition) is 0. The van der Waals surface area contributed by atoms with Gasteiger partial charge in [-0.2, -0.15) is 5.10 Å². The standard InChI is InChI=1S/C20H23N5O/c1-23(2)11-15-12-24(14-18-7-8-22-25(18)13-15)20(26)17-9-16-5-3-4-6-19(16)21-10-17/h3-10,15H,11-14H2,1-2H3. The van der Waals surface area contributed by atoms with E-state index in [1.54, 1.807) is 6.20 Å². The van der Waals surface area contributed by atoms with Gasteiger partial charge in [-0.15, -0.1) is 0 Å². The summed E-state index contributed by atoms with van der Waals surface area (Å²) in [5, 5.41) is 5.42. The first kappa shape index (κ1) is 16.7. The van der Waals surface area contributed by atoms with E-state index in [0.717, 1.165) is 29.7 Å². The highest BCUT2D eigenvalue weighted by Gasteiger charge is 2.26. The Morgan fingerprint density at radius 2 is 2.08 bits per heavy atom. The molecule has 0 N–H and O–H groups in total. The summed E-state index contributed by atoms with van der Waals surface area (Å²) < 4.78 is 2.03. The van der Waals surface area contributed by atoms with Crippen molar-refractivity contribution >= 4 is 16.8 Å². The fourth-order valence-electron chi connectivity index (χ4n) is 3.69. The van der Waals surface area contributed by atoms with Crippen LogP contribution in [-0.4, -0.2) is 57.7 Å². The Labute approximate surface area is 153 Å². The fourth-order valence-corrected chi connectivity index (χ4v) is 3.69. The SMILES string of the molecule is CN(C)CC1CN(C(=O)c2cnc3ccccc3c2)Cc2ccnn2C1. The molecule has 26 heavy (non-hydrogen) atoms. The van der Waals surface area contributed by atoms with Crippen LogP contribution < -0.4 is 0 Å². The second-order valence-corrected chi connectivity index (χ2v) is 7.24. The summed E-state index contributed by atoms with van der Waals surface area (Å²) in [6.07, 6.45) is 3.50. The Balaban J connectivity index is 1.64. The number of pyridine rings is 1. The van der Waals surface area contributed by atoms with E-state index in [0.29, 0.717) is 24.6 Å². The zero-order valence-corrected chi connectivity index (χ0v) is 15.2. The second-order valence-electron chi connectivity index (χ2n) is 7.24. The summed E-state index contributed by atoms with van der Waals surface area (Å²) in [5.74, 6) is 0.366. The Morgan fingerprint density at radius 1 is 1.23 bits per heavy atom. The van der Waals surface area contributed by atoms with Crippen LogP contribution in [0.2, 0.25) is 0 Å². The fraction of sp³-hybridized carbons (Fsp3) is 0.350. The highest BCUT2D eigenvalue weighted by atomic mass is 16.2. The molecule has 6 nitrogen and oxygen atoms in total. The highest BCUT2D eigenvalue weighted by Crippen LogP contribution is 2.20. The normalized spacial score (nSPS) is 17.3. The van der Waals surface area contributed by atoms with Crippen LogP contribution in [0.4, 0.5) is 0 Å². The molecule has 1 atom stereocenters. The molecule has 1 unspecified atom stereocenters. The molecule has 0 saturated heterocycles. The van der Waals surface area contributed by atoms with Gasteiger partial charge in [-0.05, 0) is 32.3 Å². The maximum Gasteiger partial charge on any atom is 0.255 e. The number of carbonyl (C=O) groups is 1. The van der Waals surface area contributed by atoms with Gasteiger partial charge in [0.25, 0.3) is 5.91 Å². The molecule has 0 aliphatic carbocycles. The van der Waals surface area contributed by atoms with Gasteiger partial charge in [0.05, 0.1) is 23.3 Å². The topological polar surface area (TPSA) is 54.3 Å². The van der Waals surface area contributed by atoms with Gasteiger partial charge in [-0.25, -0.2) is 0 Å². The minimum atomic E-state index is 0.0293. The molecule has 1 amide bonds. The average molecular weight is 349 g/mol. The zero-order valence-electron chi connectivity index (χ0n) is 15.2. The molecular formula is C20H23N5O. The predicted molar refractivity (Wildman–Crippen MR) is 101 cm³/mol. The van der Waals surface area contributed by atoms with Gasteiger partial charge in [0, 0.05) is 43.3 Å². The second kappa shape index (κ2) is 6.88. The van der Waals surface area contributed by atoms with E-state index in [4.69, 9.17) is 0 Å². The zero-order chi connectivity index (χ0) is 18.1. The van der Waals surface area contributed by atoms with Crippen LogP contribution in [-0.2, 0) is 13.1 Å². The first-order valence-electron chi connectivity index (χ1n) is 8.89. The average Bonchev–Trinajstić information content (AvgIpc) is 2.99. The number of amides is 1. The van der Waals surface area contributed by atoms with E-state index in [1.807, 2.05) is 52.2 Å². The number of fused-ring (bicyclic) bond motifs is 2. The van der Waals surface area contributed by atoms with Gasteiger partial charge in [0.1, 0.15) is 0 Å².